The van der Waals surface area contributed by atoms with Crippen molar-refractivity contribution in [2.45, 2.75) is 63.5 Å². The summed E-state index contributed by atoms with van der Waals surface area (Å²) in [5.41, 5.74) is 6.41. The molecule has 3 atom stereocenters. The van der Waals surface area contributed by atoms with Gasteiger partial charge in [-0.2, -0.15) is 0 Å². The lowest BCUT2D eigenvalue weighted by Gasteiger charge is -2.24. The van der Waals surface area contributed by atoms with E-state index in [9.17, 15) is 13.8 Å². The van der Waals surface area contributed by atoms with Gasteiger partial charge in [-0.15, -0.1) is 0 Å². The first-order chi connectivity index (χ1) is 21.8. The van der Waals surface area contributed by atoms with Gasteiger partial charge in [0.2, 0.25) is 0 Å². The van der Waals surface area contributed by atoms with Gasteiger partial charge >= 0.3 is 5.97 Å². The highest BCUT2D eigenvalue weighted by molar-refractivity contribution is 7.81. The molecule has 1 amide bonds. The lowest BCUT2D eigenvalue weighted by molar-refractivity contribution is -0.147. The molecule has 0 spiro atoms. The molecule has 0 radical (unpaired) electrons. The summed E-state index contributed by atoms with van der Waals surface area (Å²) in [5, 5.41) is 1.11. The van der Waals surface area contributed by atoms with Crippen LogP contribution in [0.4, 0.5) is 0 Å². The largest absolute Gasteiger partial charge is 0.489 e. The van der Waals surface area contributed by atoms with E-state index in [-0.39, 0.29) is 11.9 Å². The van der Waals surface area contributed by atoms with E-state index in [4.69, 9.17) is 9.47 Å². The van der Waals surface area contributed by atoms with Crippen molar-refractivity contribution in [1.29, 1.82) is 0 Å². The summed E-state index contributed by atoms with van der Waals surface area (Å²) in [6, 6.07) is 22.2. The maximum atomic E-state index is 13.5. The molecule has 0 saturated heterocycles. The predicted molar refractivity (Wildman–Crippen MR) is 175 cm³/mol. The molecule has 0 bridgehead atoms. The van der Waals surface area contributed by atoms with Crippen molar-refractivity contribution < 1.29 is 23.3 Å². The molecule has 234 valence electrons. The number of ether oxygens (including phenoxy) is 2. The maximum Gasteiger partial charge on any atom is 0.314 e. The summed E-state index contributed by atoms with van der Waals surface area (Å²) in [4.78, 5) is 26.7. The van der Waals surface area contributed by atoms with Crippen molar-refractivity contribution in [1.82, 2.24) is 13.6 Å². The van der Waals surface area contributed by atoms with Gasteiger partial charge in [-0.1, -0.05) is 55.7 Å². The number of carbonyl (C=O) groups excluding carboxylic acids is 2. The Kier molecular flexibility index (Phi) is 7.78. The molecule has 2 saturated carbocycles. The van der Waals surface area contributed by atoms with E-state index in [1.54, 1.807) is 14.1 Å². The number of hydrogen-bond acceptors (Lipinski definition) is 5. The van der Waals surface area contributed by atoms with Crippen molar-refractivity contribution in [2.24, 2.45) is 5.41 Å². The van der Waals surface area contributed by atoms with E-state index in [1.807, 2.05) is 54.6 Å². The smallest absolute Gasteiger partial charge is 0.314 e. The van der Waals surface area contributed by atoms with Crippen LogP contribution in [0.1, 0.15) is 77.4 Å². The molecule has 3 aromatic carbocycles. The number of fused-ring (bicyclic) bond motifs is 7. The Morgan fingerprint density at radius 3 is 2.53 bits per heavy atom. The summed E-state index contributed by atoms with van der Waals surface area (Å²) in [6.07, 6.45) is 6.51. The third-order valence-corrected chi connectivity index (χ3v) is 10.9. The van der Waals surface area contributed by atoms with E-state index in [0.29, 0.717) is 31.1 Å². The summed E-state index contributed by atoms with van der Waals surface area (Å²) in [5.74, 6) is 0.546. The fourth-order valence-electron chi connectivity index (χ4n) is 7.54. The first kappa shape index (κ1) is 29.7. The first-order valence-corrected chi connectivity index (χ1v) is 16.9. The molecule has 2 aliphatic carbocycles. The Labute approximate surface area is 266 Å². The van der Waals surface area contributed by atoms with Gasteiger partial charge in [-0.25, -0.2) is 8.51 Å². The van der Waals surface area contributed by atoms with Gasteiger partial charge < -0.3 is 14.0 Å². The second-order valence-electron chi connectivity index (χ2n) is 12.8. The number of methoxy groups -OCH3 is 1. The number of nitrogens with one attached hydrogen (secondary N) is 1. The Balaban J connectivity index is 1.39. The fraction of sp³-hybridized carbons (Fsp3) is 0.389. The SMILES string of the molecule is COC(=O)C12CC1c1cc(OCc3ccccc3)ccc1-c1c(C3CCCCC3)c3ccc(C(=O)NS(=O)N(C)C)cc3n1C2. The molecule has 7 rings (SSSR count). The second-order valence-corrected chi connectivity index (χ2v) is 14.3. The third-order valence-electron chi connectivity index (χ3n) is 9.90. The van der Waals surface area contributed by atoms with E-state index in [1.165, 1.54) is 36.2 Å². The summed E-state index contributed by atoms with van der Waals surface area (Å²) in [6.45, 7) is 0.927. The number of aromatic nitrogens is 1. The Morgan fingerprint density at radius 1 is 1.02 bits per heavy atom. The van der Waals surface area contributed by atoms with E-state index >= 15 is 0 Å². The molecule has 8 nitrogen and oxygen atoms in total. The summed E-state index contributed by atoms with van der Waals surface area (Å²) >= 11 is -1.65. The Hall–Kier alpha value is -3.95. The van der Waals surface area contributed by atoms with Crippen LogP contribution in [0.5, 0.6) is 5.75 Å². The number of esters is 1. The molecule has 1 aliphatic heterocycles. The molecule has 4 aromatic rings. The van der Waals surface area contributed by atoms with Crippen LogP contribution < -0.4 is 9.46 Å². The zero-order valence-electron chi connectivity index (χ0n) is 26.0. The number of amides is 1. The number of benzene rings is 3. The number of rotatable bonds is 8. The van der Waals surface area contributed by atoms with Gasteiger partial charge in [0.05, 0.1) is 18.2 Å². The highest BCUT2D eigenvalue weighted by Crippen LogP contribution is 2.66. The van der Waals surface area contributed by atoms with Gasteiger partial charge in [0.15, 0.2) is 11.2 Å². The standard InChI is InChI=1S/C36H39N3O5S/c1-38(2)45(42)37-34(40)25-14-16-28-31(18-25)39-22-36(35(41)43-3)20-30(36)29-19-26(44-21-23-10-6-4-7-11-23)15-17-27(29)33(39)32(28)24-12-8-5-9-13-24/h4,6-7,10-11,14-19,24,30H,5,8-9,12-13,20-22H2,1-3H3,(H,37,40). The van der Waals surface area contributed by atoms with Crippen LogP contribution in [-0.4, -0.2) is 46.2 Å². The second kappa shape index (κ2) is 11.8. The normalized spacial score (nSPS) is 21.3. The lowest BCUT2D eigenvalue weighted by atomic mass is 9.81. The highest BCUT2D eigenvalue weighted by atomic mass is 32.2. The molecule has 2 heterocycles. The predicted octanol–water partition coefficient (Wildman–Crippen LogP) is 6.47. The van der Waals surface area contributed by atoms with Gasteiger partial charge in [-0.05, 0) is 72.2 Å². The van der Waals surface area contributed by atoms with Gasteiger partial charge in [0.25, 0.3) is 5.91 Å². The summed E-state index contributed by atoms with van der Waals surface area (Å²) < 4.78 is 30.4. The van der Waals surface area contributed by atoms with Gasteiger partial charge in [0, 0.05) is 48.6 Å². The molecule has 1 aromatic heterocycles. The molecule has 2 fully saturated rings. The van der Waals surface area contributed by atoms with Crippen LogP contribution in [0.25, 0.3) is 22.2 Å². The zero-order chi connectivity index (χ0) is 31.3. The van der Waals surface area contributed by atoms with Gasteiger partial charge in [0.1, 0.15) is 12.4 Å². The van der Waals surface area contributed by atoms with E-state index in [0.717, 1.165) is 51.9 Å². The molecule has 1 N–H and O–H groups in total. The monoisotopic (exact) mass is 625 g/mol. The van der Waals surface area contributed by atoms with Crippen molar-refractivity contribution in [3.63, 3.8) is 0 Å². The Morgan fingerprint density at radius 2 is 1.80 bits per heavy atom. The minimum atomic E-state index is -1.65. The highest BCUT2D eigenvalue weighted by Gasteiger charge is 2.64. The Bertz CT molecular complexity index is 1810. The zero-order valence-corrected chi connectivity index (χ0v) is 26.8. The van der Waals surface area contributed by atoms with Gasteiger partial charge in [-0.3, -0.25) is 14.3 Å². The molecular formula is C36H39N3O5S. The molecule has 45 heavy (non-hydrogen) atoms. The molecule has 3 unspecified atom stereocenters. The number of nitrogens with zero attached hydrogens (tertiary/aromatic N) is 2. The molecular weight excluding hydrogens is 586 g/mol. The lowest BCUT2D eigenvalue weighted by Crippen LogP contribution is -2.34. The third kappa shape index (κ3) is 5.25. The van der Waals surface area contributed by atoms with Crippen molar-refractivity contribution in [3.8, 4) is 17.0 Å². The quantitative estimate of drug-likeness (QED) is 0.227. The molecule has 9 heteroatoms. The number of carbonyl (C=O) groups is 2. The van der Waals surface area contributed by atoms with E-state index in [2.05, 4.69) is 21.4 Å². The van der Waals surface area contributed by atoms with Crippen molar-refractivity contribution >= 4 is 34.0 Å². The first-order valence-electron chi connectivity index (χ1n) is 15.8. The van der Waals surface area contributed by atoms with Crippen LogP contribution in [0.15, 0.2) is 66.7 Å². The fourth-order valence-corrected chi connectivity index (χ4v) is 8.00. The van der Waals surface area contributed by atoms with Crippen molar-refractivity contribution in [2.75, 3.05) is 21.2 Å². The maximum absolute atomic E-state index is 13.5. The molecule has 3 aliphatic rings. The van der Waals surface area contributed by atoms with Crippen LogP contribution in [0.3, 0.4) is 0 Å². The van der Waals surface area contributed by atoms with Crippen molar-refractivity contribution in [3.05, 3.63) is 89.0 Å². The van der Waals surface area contributed by atoms with Crippen LogP contribution in [0, 0.1) is 5.41 Å². The average Bonchev–Trinajstić information content (AvgIpc) is 3.74. The average molecular weight is 626 g/mol. The van der Waals surface area contributed by atoms with Crippen LogP contribution in [0.2, 0.25) is 0 Å². The van der Waals surface area contributed by atoms with Crippen LogP contribution >= 0.6 is 0 Å². The van der Waals surface area contributed by atoms with Crippen LogP contribution in [-0.2, 0) is 33.9 Å². The minimum Gasteiger partial charge on any atom is -0.489 e. The topological polar surface area (TPSA) is 89.9 Å². The number of hydrogen-bond donors (Lipinski definition) is 1. The van der Waals surface area contributed by atoms with E-state index < -0.39 is 22.5 Å². The minimum absolute atomic E-state index is 0.00313. The summed E-state index contributed by atoms with van der Waals surface area (Å²) in [7, 11) is 4.76.